The standard InChI is InChI=1S/C13H27N/c1-5-12(6-2)13(14)8-10(3)7-11(4)9-13/h10-12H,5-9,14H2,1-4H3. The van der Waals surface area contributed by atoms with Crippen molar-refractivity contribution in [2.24, 2.45) is 23.5 Å². The molecule has 0 bridgehead atoms. The molecule has 0 saturated heterocycles. The molecule has 0 spiro atoms. The van der Waals surface area contributed by atoms with Crippen molar-refractivity contribution in [3.05, 3.63) is 0 Å². The zero-order valence-corrected chi connectivity index (χ0v) is 10.3. The first kappa shape index (κ1) is 12.0. The normalized spacial score (nSPS) is 39.0. The second-order valence-electron chi connectivity index (χ2n) is 5.60. The highest BCUT2D eigenvalue weighted by atomic mass is 14.8. The Morgan fingerprint density at radius 1 is 1.14 bits per heavy atom. The largest absolute Gasteiger partial charge is 0.325 e. The summed E-state index contributed by atoms with van der Waals surface area (Å²) in [6.45, 7) is 9.29. The van der Waals surface area contributed by atoms with Crippen LogP contribution < -0.4 is 5.73 Å². The van der Waals surface area contributed by atoms with Crippen molar-refractivity contribution in [2.75, 3.05) is 0 Å². The molecule has 84 valence electrons. The number of hydrogen-bond acceptors (Lipinski definition) is 1. The Kier molecular flexibility index (Phi) is 4.00. The minimum Gasteiger partial charge on any atom is -0.325 e. The van der Waals surface area contributed by atoms with Crippen molar-refractivity contribution in [3.63, 3.8) is 0 Å². The second kappa shape index (κ2) is 4.65. The highest BCUT2D eigenvalue weighted by Gasteiger charge is 2.38. The average molecular weight is 197 g/mol. The van der Waals surface area contributed by atoms with Crippen LogP contribution in [-0.2, 0) is 0 Å². The van der Waals surface area contributed by atoms with E-state index in [-0.39, 0.29) is 5.54 Å². The minimum absolute atomic E-state index is 0.139. The highest BCUT2D eigenvalue weighted by molar-refractivity contribution is 4.96. The summed E-state index contributed by atoms with van der Waals surface area (Å²) >= 11 is 0. The van der Waals surface area contributed by atoms with Crippen molar-refractivity contribution in [1.82, 2.24) is 0 Å². The zero-order chi connectivity index (χ0) is 10.8. The fourth-order valence-corrected chi connectivity index (χ4v) is 3.67. The van der Waals surface area contributed by atoms with Gasteiger partial charge in [-0.15, -0.1) is 0 Å². The third-order valence-corrected chi connectivity index (χ3v) is 4.06. The van der Waals surface area contributed by atoms with Gasteiger partial charge in [0.05, 0.1) is 0 Å². The molecular formula is C13H27N. The van der Waals surface area contributed by atoms with Crippen LogP contribution in [0.25, 0.3) is 0 Å². The number of hydrogen-bond donors (Lipinski definition) is 1. The summed E-state index contributed by atoms with van der Waals surface area (Å²) in [6.07, 6.45) is 6.34. The molecule has 0 heterocycles. The maximum Gasteiger partial charge on any atom is 0.0187 e. The van der Waals surface area contributed by atoms with Crippen LogP contribution in [0, 0.1) is 17.8 Å². The van der Waals surface area contributed by atoms with Gasteiger partial charge in [-0.2, -0.15) is 0 Å². The number of rotatable bonds is 3. The first-order valence-electron chi connectivity index (χ1n) is 6.30. The maximum absolute atomic E-state index is 6.61. The van der Waals surface area contributed by atoms with Crippen LogP contribution in [0.3, 0.4) is 0 Å². The summed E-state index contributed by atoms with van der Waals surface area (Å²) in [4.78, 5) is 0. The lowest BCUT2D eigenvalue weighted by Gasteiger charge is -2.45. The Labute approximate surface area is 89.5 Å². The van der Waals surface area contributed by atoms with E-state index in [0.29, 0.717) is 0 Å². The molecule has 1 nitrogen and oxygen atoms in total. The SMILES string of the molecule is CCC(CC)C1(N)CC(C)CC(C)C1. The van der Waals surface area contributed by atoms with E-state index in [1.807, 2.05) is 0 Å². The van der Waals surface area contributed by atoms with Gasteiger partial charge < -0.3 is 5.73 Å². The Morgan fingerprint density at radius 2 is 1.57 bits per heavy atom. The molecule has 1 rings (SSSR count). The van der Waals surface area contributed by atoms with Gasteiger partial charge in [0.2, 0.25) is 0 Å². The molecule has 2 atom stereocenters. The molecule has 1 saturated carbocycles. The summed E-state index contributed by atoms with van der Waals surface area (Å²) < 4.78 is 0. The minimum atomic E-state index is 0.139. The van der Waals surface area contributed by atoms with E-state index in [4.69, 9.17) is 5.73 Å². The van der Waals surface area contributed by atoms with Crippen LogP contribution in [0.15, 0.2) is 0 Å². The molecule has 1 fully saturated rings. The van der Waals surface area contributed by atoms with Gasteiger partial charge in [0, 0.05) is 5.54 Å². The van der Waals surface area contributed by atoms with E-state index < -0.39 is 0 Å². The fourth-order valence-electron chi connectivity index (χ4n) is 3.67. The van der Waals surface area contributed by atoms with Crippen LogP contribution in [0.1, 0.15) is 59.8 Å². The monoisotopic (exact) mass is 197 g/mol. The van der Waals surface area contributed by atoms with Crippen molar-refractivity contribution >= 4 is 0 Å². The van der Waals surface area contributed by atoms with E-state index in [1.165, 1.54) is 32.1 Å². The Hall–Kier alpha value is -0.0400. The summed E-state index contributed by atoms with van der Waals surface area (Å²) in [5.74, 6) is 2.38. The van der Waals surface area contributed by atoms with Gasteiger partial charge in [0.1, 0.15) is 0 Å². The van der Waals surface area contributed by atoms with Crippen molar-refractivity contribution in [1.29, 1.82) is 0 Å². The van der Waals surface area contributed by atoms with Crippen LogP contribution in [0.5, 0.6) is 0 Å². The van der Waals surface area contributed by atoms with Crippen molar-refractivity contribution < 1.29 is 0 Å². The molecule has 1 heteroatoms. The summed E-state index contributed by atoms with van der Waals surface area (Å²) in [5.41, 5.74) is 6.74. The molecule has 14 heavy (non-hydrogen) atoms. The molecule has 2 N–H and O–H groups in total. The highest BCUT2D eigenvalue weighted by Crippen LogP contribution is 2.40. The molecule has 0 aromatic heterocycles. The third kappa shape index (κ3) is 2.50. The molecule has 2 unspecified atom stereocenters. The molecule has 0 aromatic carbocycles. The number of nitrogens with two attached hydrogens (primary N) is 1. The predicted molar refractivity (Wildman–Crippen MR) is 63.2 cm³/mol. The third-order valence-electron chi connectivity index (χ3n) is 4.06. The first-order chi connectivity index (χ1) is 6.51. The molecule has 0 radical (unpaired) electrons. The van der Waals surface area contributed by atoms with Gasteiger partial charge in [-0.1, -0.05) is 40.5 Å². The van der Waals surface area contributed by atoms with Crippen LogP contribution in [0.2, 0.25) is 0 Å². The molecule has 0 aromatic rings. The van der Waals surface area contributed by atoms with E-state index in [0.717, 1.165) is 17.8 Å². The maximum atomic E-state index is 6.61. The van der Waals surface area contributed by atoms with E-state index >= 15 is 0 Å². The second-order valence-corrected chi connectivity index (χ2v) is 5.60. The van der Waals surface area contributed by atoms with Crippen LogP contribution in [-0.4, -0.2) is 5.54 Å². The van der Waals surface area contributed by atoms with E-state index in [1.54, 1.807) is 0 Å². The van der Waals surface area contributed by atoms with E-state index in [2.05, 4.69) is 27.7 Å². The van der Waals surface area contributed by atoms with Gasteiger partial charge >= 0.3 is 0 Å². The van der Waals surface area contributed by atoms with Crippen molar-refractivity contribution in [2.45, 2.75) is 65.3 Å². The molecule has 0 amide bonds. The smallest absolute Gasteiger partial charge is 0.0187 e. The lowest BCUT2D eigenvalue weighted by Crippen LogP contribution is -2.51. The average Bonchev–Trinajstić information content (AvgIpc) is 2.02. The Morgan fingerprint density at radius 3 is 1.93 bits per heavy atom. The Bertz CT molecular complexity index is 162. The lowest BCUT2D eigenvalue weighted by molar-refractivity contribution is 0.116. The molecule has 1 aliphatic rings. The Balaban J connectivity index is 2.70. The van der Waals surface area contributed by atoms with Gasteiger partial charge in [0.15, 0.2) is 0 Å². The summed E-state index contributed by atoms with van der Waals surface area (Å²) in [7, 11) is 0. The summed E-state index contributed by atoms with van der Waals surface area (Å²) in [6, 6.07) is 0. The quantitative estimate of drug-likeness (QED) is 0.735. The van der Waals surface area contributed by atoms with Gasteiger partial charge in [-0.05, 0) is 37.0 Å². The molecule has 0 aliphatic heterocycles. The van der Waals surface area contributed by atoms with Crippen molar-refractivity contribution in [3.8, 4) is 0 Å². The van der Waals surface area contributed by atoms with Crippen LogP contribution >= 0.6 is 0 Å². The van der Waals surface area contributed by atoms with E-state index in [9.17, 15) is 0 Å². The first-order valence-corrected chi connectivity index (χ1v) is 6.30. The fraction of sp³-hybridized carbons (Fsp3) is 1.00. The van der Waals surface area contributed by atoms with Gasteiger partial charge in [-0.25, -0.2) is 0 Å². The van der Waals surface area contributed by atoms with Gasteiger partial charge in [-0.3, -0.25) is 0 Å². The van der Waals surface area contributed by atoms with Gasteiger partial charge in [0.25, 0.3) is 0 Å². The molecule has 1 aliphatic carbocycles. The zero-order valence-electron chi connectivity index (χ0n) is 10.3. The lowest BCUT2D eigenvalue weighted by atomic mass is 9.65. The topological polar surface area (TPSA) is 26.0 Å². The predicted octanol–water partition coefficient (Wildman–Crippen LogP) is 3.58. The molecular weight excluding hydrogens is 170 g/mol. The van der Waals surface area contributed by atoms with Crippen LogP contribution in [0.4, 0.5) is 0 Å². The summed E-state index contributed by atoms with van der Waals surface area (Å²) in [5, 5.41) is 0.